The lowest BCUT2D eigenvalue weighted by atomic mass is 10.1. The van der Waals surface area contributed by atoms with Gasteiger partial charge >= 0.3 is 0 Å². The summed E-state index contributed by atoms with van der Waals surface area (Å²) in [5, 5.41) is 10.8. The molecule has 1 atom stereocenters. The first-order chi connectivity index (χ1) is 9.56. The lowest BCUT2D eigenvalue weighted by molar-refractivity contribution is -0.121. The molecular formula is C14H26N4O2. The van der Waals surface area contributed by atoms with Gasteiger partial charge in [-0.15, -0.1) is 10.2 Å². The zero-order valence-corrected chi connectivity index (χ0v) is 13.0. The highest BCUT2D eigenvalue weighted by molar-refractivity contribution is 5.76. The van der Waals surface area contributed by atoms with Gasteiger partial charge in [0.05, 0.1) is 0 Å². The summed E-state index contributed by atoms with van der Waals surface area (Å²) in [5.74, 6) is 1.14. The van der Waals surface area contributed by atoms with E-state index in [1.54, 1.807) is 0 Å². The number of hydrogen-bond acceptors (Lipinski definition) is 5. The molecule has 1 heterocycles. The number of aromatic nitrogens is 2. The Hall–Kier alpha value is -1.43. The molecule has 0 fully saturated rings. The monoisotopic (exact) mass is 282 g/mol. The lowest BCUT2D eigenvalue weighted by Crippen LogP contribution is -2.33. The van der Waals surface area contributed by atoms with Crippen LogP contribution in [0.3, 0.4) is 0 Å². The van der Waals surface area contributed by atoms with Gasteiger partial charge in [-0.2, -0.15) is 0 Å². The topological polar surface area (TPSA) is 71.3 Å². The van der Waals surface area contributed by atoms with Gasteiger partial charge in [-0.1, -0.05) is 20.8 Å². The third-order valence-corrected chi connectivity index (χ3v) is 3.12. The normalized spacial score (nSPS) is 12.7. The quantitative estimate of drug-likeness (QED) is 0.744. The van der Waals surface area contributed by atoms with E-state index in [2.05, 4.69) is 34.4 Å². The molecule has 20 heavy (non-hydrogen) atoms. The number of nitrogens with one attached hydrogen (secondary N) is 1. The van der Waals surface area contributed by atoms with Crippen molar-refractivity contribution in [3.05, 3.63) is 11.8 Å². The van der Waals surface area contributed by atoms with E-state index in [1.165, 1.54) is 0 Å². The number of aryl methyl sites for hydroxylation is 1. The van der Waals surface area contributed by atoms with Crippen LogP contribution in [0.2, 0.25) is 0 Å². The van der Waals surface area contributed by atoms with Crippen molar-refractivity contribution in [1.82, 2.24) is 20.4 Å². The maximum atomic E-state index is 11.8. The number of likely N-dealkylation sites (N-methyl/N-ethyl adjacent to an activating group) is 1. The molecule has 0 aliphatic rings. The molecule has 6 nitrogen and oxygen atoms in total. The fourth-order valence-corrected chi connectivity index (χ4v) is 1.93. The predicted octanol–water partition coefficient (Wildman–Crippen LogP) is 1.58. The summed E-state index contributed by atoms with van der Waals surface area (Å²) in [6.45, 7) is 8.62. The molecule has 0 radical (unpaired) electrons. The second-order valence-electron chi connectivity index (χ2n) is 5.15. The van der Waals surface area contributed by atoms with E-state index in [0.29, 0.717) is 24.7 Å². The van der Waals surface area contributed by atoms with Crippen molar-refractivity contribution in [2.45, 2.75) is 46.0 Å². The number of carbonyl (C=O) groups is 1. The minimum absolute atomic E-state index is 0.0265. The van der Waals surface area contributed by atoms with Gasteiger partial charge in [0.15, 0.2) is 0 Å². The Labute approximate surface area is 120 Å². The van der Waals surface area contributed by atoms with E-state index >= 15 is 0 Å². The molecule has 1 unspecified atom stereocenters. The number of rotatable bonds is 9. The van der Waals surface area contributed by atoms with E-state index < -0.39 is 0 Å². The van der Waals surface area contributed by atoms with Crippen LogP contribution in [0.15, 0.2) is 4.42 Å². The molecule has 114 valence electrons. The third-order valence-electron chi connectivity index (χ3n) is 3.12. The van der Waals surface area contributed by atoms with Crippen LogP contribution in [0, 0.1) is 0 Å². The fourth-order valence-electron chi connectivity index (χ4n) is 1.93. The third kappa shape index (κ3) is 5.69. The Bertz CT molecular complexity index is 406. The Morgan fingerprint density at radius 3 is 2.70 bits per heavy atom. The summed E-state index contributed by atoms with van der Waals surface area (Å²) in [5.41, 5.74) is 0. The molecule has 0 aliphatic heterocycles. The van der Waals surface area contributed by atoms with Crippen molar-refractivity contribution in [1.29, 1.82) is 0 Å². The zero-order valence-electron chi connectivity index (χ0n) is 13.0. The second kappa shape index (κ2) is 8.68. The van der Waals surface area contributed by atoms with Crippen LogP contribution in [0.25, 0.3) is 0 Å². The van der Waals surface area contributed by atoms with Gasteiger partial charge < -0.3 is 14.6 Å². The molecular weight excluding hydrogens is 256 g/mol. The van der Waals surface area contributed by atoms with Crippen molar-refractivity contribution in [2.75, 3.05) is 26.7 Å². The van der Waals surface area contributed by atoms with E-state index in [1.807, 2.05) is 13.8 Å². The number of hydrogen-bond donors (Lipinski definition) is 1. The molecule has 0 aliphatic carbocycles. The molecule has 1 aromatic rings. The van der Waals surface area contributed by atoms with Gasteiger partial charge in [0.2, 0.25) is 17.7 Å². The number of amides is 1. The summed E-state index contributed by atoms with van der Waals surface area (Å²) >= 11 is 0. The highest BCUT2D eigenvalue weighted by Crippen LogP contribution is 2.17. The SMILES string of the molecule is CCCN(C)CCNC(=O)CC(C)c1nnc(CC)o1. The van der Waals surface area contributed by atoms with Gasteiger partial charge in [-0.05, 0) is 20.0 Å². The van der Waals surface area contributed by atoms with Crippen molar-refractivity contribution in [3.63, 3.8) is 0 Å². The maximum Gasteiger partial charge on any atom is 0.220 e. The zero-order chi connectivity index (χ0) is 15.0. The van der Waals surface area contributed by atoms with E-state index in [-0.39, 0.29) is 11.8 Å². The summed E-state index contributed by atoms with van der Waals surface area (Å²) in [4.78, 5) is 14.0. The van der Waals surface area contributed by atoms with E-state index in [0.717, 1.165) is 25.9 Å². The van der Waals surface area contributed by atoms with Crippen LogP contribution in [-0.2, 0) is 11.2 Å². The Kier molecular flexibility index (Phi) is 7.22. The first-order valence-corrected chi connectivity index (χ1v) is 7.34. The highest BCUT2D eigenvalue weighted by atomic mass is 16.4. The number of carbonyl (C=O) groups excluding carboxylic acids is 1. The minimum Gasteiger partial charge on any atom is -0.425 e. The first kappa shape index (κ1) is 16.6. The average Bonchev–Trinajstić information content (AvgIpc) is 2.87. The van der Waals surface area contributed by atoms with Crippen LogP contribution in [0.5, 0.6) is 0 Å². The molecule has 1 N–H and O–H groups in total. The summed E-state index contributed by atoms with van der Waals surface area (Å²) in [6, 6.07) is 0. The summed E-state index contributed by atoms with van der Waals surface area (Å²) in [7, 11) is 2.06. The van der Waals surface area contributed by atoms with Gasteiger partial charge in [-0.25, -0.2) is 0 Å². The van der Waals surface area contributed by atoms with Gasteiger partial charge in [0.25, 0.3) is 0 Å². The Balaban J connectivity index is 2.27. The van der Waals surface area contributed by atoms with Crippen LogP contribution in [0.4, 0.5) is 0 Å². The standard InChI is InChI=1S/C14H26N4O2/c1-5-8-18(4)9-7-15-12(19)10-11(3)14-17-16-13(6-2)20-14/h11H,5-10H2,1-4H3,(H,15,19). The molecule has 6 heteroatoms. The van der Waals surface area contributed by atoms with Crippen molar-refractivity contribution < 1.29 is 9.21 Å². The van der Waals surface area contributed by atoms with Crippen molar-refractivity contribution in [2.24, 2.45) is 0 Å². The molecule has 0 saturated heterocycles. The van der Waals surface area contributed by atoms with Crippen LogP contribution >= 0.6 is 0 Å². The molecule has 1 rings (SSSR count). The molecule has 0 saturated carbocycles. The van der Waals surface area contributed by atoms with Crippen molar-refractivity contribution in [3.8, 4) is 0 Å². The Morgan fingerprint density at radius 1 is 1.35 bits per heavy atom. The van der Waals surface area contributed by atoms with Crippen molar-refractivity contribution >= 4 is 5.91 Å². The average molecular weight is 282 g/mol. The van der Waals surface area contributed by atoms with Crippen LogP contribution in [0.1, 0.15) is 51.3 Å². The number of nitrogens with zero attached hydrogens (tertiary/aromatic N) is 3. The molecule has 0 aromatic carbocycles. The van der Waals surface area contributed by atoms with Gasteiger partial charge in [0, 0.05) is 31.8 Å². The summed E-state index contributed by atoms with van der Waals surface area (Å²) < 4.78 is 5.46. The Morgan fingerprint density at radius 2 is 2.10 bits per heavy atom. The largest absolute Gasteiger partial charge is 0.425 e. The maximum absolute atomic E-state index is 11.8. The minimum atomic E-state index is -0.0452. The fraction of sp³-hybridized carbons (Fsp3) is 0.786. The van der Waals surface area contributed by atoms with Gasteiger partial charge in [-0.3, -0.25) is 4.79 Å². The van der Waals surface area contributed by atoms with Gasteiger partial charge in [0.1, 0.15) is 0 Å². The van der Waals surface area contributed by atoms with E-state index in [9.17, 15) is 4.79 Å². The van der Waals surface area contributed by atoms with E-state index in [4.69, 9.17) is 4.42 Å². The second-order valence-corrected chi connectivity index (χ2v) is 5.15. The van der Waals surface area contributed by atoms with Crippen LogP contribution < -0.4 is 5.32 Å². The summed E-state index contributed by atoms with van der Waals surface area (Å²) in [6.07, 6.45) is 2.22. The predicted molar refractivity (Wildman–Crippen MR) is 77.5 cm³/mol. The molecule has 0 spiro atoms. The molecule has 1 amide bonds. The molecule has 1 aromatic heterocycles. The first-order valence-electron chi connectivity index (χ1n) is 7.34. The highest BCUT2D eigenvalue weighted by Gasteiger charge is 2.17. The molecule has 0 bridgehead atoms. The lowest BCUT2D eigenvalue weighted by Gasteiger charge is -2.16. The van der Waals surface area contributed by atoms with Crippen LogP contribution in [-0.4, -0.2) is 47.7 Å². The smallest absolute Gasteiger partial charge is 0.220 e.